The van der Waals surface area contributed by atoms with Crippen molar-refractivity contribution >= 4 is 5.91 Å². The number of hydrogen-bond donors (Lipinski definition) is 0. The van der Waals surface area contributed by atoms with E-state index in [4.69, 9.17) is 0 Å². The second kappa shape index (κ2) is 5.51. The van der Waals surface area contributed by atoms with Crippen molar-refractivity contribution in [3.63, 3.8) is 0 Å². The normalized spacial score (nSPS) is 18.7. The molecule has 0 saturated heterocycles. The lowest BCUT2D eigenvalue weighted by molar-refractivity contribution is 0.0758. The van der Waals surface area contributed by atoms with Gasteiger partial charge in [-0.25, -0.2) is 0 Å². The van der Waals surface area contributed by atoms with Crippen molar-refractivity contribution in [3.05, 3.63) is 41.7 Å². The van der Waals surface area contributed by atoms with Crippen molar-refractivity contribution in [2.24, 2.45) is 0 Å². The maximum absolute atomic E-state index is 12.4. The van der Waals surface area contributed by atoms with E-state index in [9.17, 15) is 4.79 Å². The second-order valence-corrected chi connectivity index (χ2v) is 6.11. The lowest BCUT2D eigenvalue weighted by Crippen LogP contribution is -2.26. The van der Waals surface area contributed by atoms with E-state index >= 15 is 0 Å². The summed E-state index contributed by atoms with van der Waals surface area (Å²) in [5, 5.41) is 8.32. The van der Waals surface area contributed by atoms with Crippen LogP contribution in [0.2, 0.25) is 0 Å². The van der Waals surface area contributed by atoms with Crippen LogP contribution in [0.5, 0.6) is 0 Å². The van der Waals surface area contributed by atoms with E-state index in [1.54, 1.807) is 11.1 Å². The van der Waals surface area contributed by atoms with E-state index in [0.717, 1.165) is 11.5 Å². The number of fused-ring (bicyclic) bond motifs is 1. The zero-order valence-electron chi connectivity index (χ0n) is 12.5. The van der Waals surface area contributed by atoms with E-state index in [1.165, 1.54) is 32.1 Å². The third-order valence-corrected chi connectivity index (χ3v) is 4.70. The minimum Gasteiger partial charge on any atom is -0.325 e. The third kappa shape index (κ3) is 2.28. The molecule has 0 bridgehead atoms. The van der Waals surface area contributed by atoms with Crippen LogP contribution in [0.1, 0.15) is 60.0 Å². The molecule has 114 valence electrons. The van der Waals surface area contributed by atoms with Crippen LogP contribution in [-0.4, -0.2) is 30.6 Å². The summed E-state index contributed by atoms with van der Waals surface area (Å²) in [6, 6.07) is 4.14. The average Bonchev–Trinajstić information content (AvgIpc) is 3.15. The molecule has 3 heterocycles. The number of aromatic nitrogens is 4. The lowest BCUT2D eigenvalue weighted by atomic mass is 9.95. The molecule has 2 aromatic rings. The largest absolute Gasteiger partial charge is 0.325 e. The molecule has 6 heteroatoms. The Bertz CT molecular complexity index is 689. The van der Waals surface area contributed by atoms with E-state index < -0.39 is 0 Å². The molecule has 1 aliphatic heterocycles. The first kappa shape index (κ1) is 13.4. The first-order valence-corrected chi connectivity index (χ1v) is 7.94. The van der Waals surface area contributed by atoms with Crippen LogP contribution < -0.4 is 0 Å². The minimum atomic E-state index is 0.0429. The Kier molecular flexibility index (Phi) is 3.36. The summed E-state index contributed by atoms with van der Waals surface area (Å²) in [4.78, 5) is 18.5. The summed E-state index contributed by atoms with van der Waals surface area (Å²) in [6.07, 6.45) is 9.76. The molecule has 0 radical (unpaired) electrons. The van der Waals surface area contributed by atoms with E-state index in [0.29, 0.717) is 24.7 Å². The number of nitrogens with zero attached hydrogens (tertiary/aromatic N) is 5. The van der Waals surface area contributed by atoms with Gasteiger partial charge < -0.3 is 9.47 Å². The van der Waals surface area contributed by atoms with Gasteiger partial charge in [0.25, 0.3) is 5.91 Å². The summed E-state index contributed by atoms with van der Waals surface area (Å²) in [7, 11) is 0. The Morgan fingerprint density at radius 3 is 2.91 bits per heavy atom. The van der Waals surface area contributed by atoms with Gasteiger partial charge in [-0.05, 0) is 25.0 Å². The molecule has 1 amide bonds. The standard InChI is InChI=1S/C16H19N5O/c22-16-13-7-4-8-17-14(13)9-20(16)10-15-19-18-11-21(15)12-5-2-1-3-6-12/h4,7-8,11-12H,1-3,5-6,9-10H2. The molecule has 0 atom stereocenters. The first-order chi connectivity index (χ1) is 10.8. The molecule has 1 fully saturated rings. The fraction of sp³-hybridized carbons (Fsp3) is 0.500. The molecular formula is C16H19N5O. The molecule has 4 rings (SSSR count). The Balaban J connectivity index is 1.53. The zero-order chi connectivity index (χ0) is 14.9. The smallest absolute Gasteiger partial charge is 0.256 e. The first-order valence-electron chi connectivity index (χ1n) is 7.94. The summed E-state index contributed by atoms with van der Waals surface area (Å²) in [5.41, 5.74) is 1.57. The van der Waals surface area contributed by atoms with Crippen molar-refractivity contribution < 1.29 is 4.79 Å². The fourth-order valence-electron chi connectivity index (χ4n) is 3.52. The Hall–Kier alpha value is -2.24. The third-order valence-electron chi connectivity index (χ3n) is 4.70. The molecule has 0 N–H and O–H groups in total. The molecule has 0 unspecified atom stereocenters. The van der Waals surface area contributed by atoms with E-state index in [2.05, 4.69) is 19.7 Å². The van der Waals surface area contributed by atoms with Crippen LogP contribution in [0.15, 0.2) is 24.7 Å². The highest BCUT2D eigenvalue weighted by molar-refractivity contribution is 5.97. The number of carbonyl (C=O) groups is 1. The van der Waals surface area contributed by atoms with Gasteiger partial charge in [0, 0.05) is 12.2 Å². The Morgan fingerprint density at radius 2 is 2.09 bits per heavy atom. The highest BCUT2D eigenvalue weighted by Crippen LogP contribution is 2.29. The van der Waals surface area contributed by atoms with Crippen LogP contribution in [0.4, 0.5) is 0 Å². The van der Waals surface area contributed by atoms with Gasteiger partial charge in [0.15, 0.2) is 5.82 Å². The molecule has 6 nitrogen and oxygen atoms in total. The predicted molar refractivity (Wildman–Crippen MR) is 80.0 cm³/mol. The fourth-order valence-corrected chi connectivity index (χ4v) is 3.52. The highest BCUT2D eigenvalue weighted by atomic mass is 16.2. The SMILES string of the molecule is O=C1c2cccnc2CN1Cc1nncn1C1CCCCC1. The van der Waals surface area contributed by atoms with Crippen LogP contribution >= 0.6 is 0 Å². The topological polar surface area (TPSA) is 63.9 Å². The average molecular weight is 297 g/mol. The number of pyridine rings is 1. The van der Waals surface area contributed by atoms with Crippen molar-refractivity contribution in [3.8, 4) is 0 Å². The molecule has 0 spiro atoms. The van der Waals surface area contributed by atoms with Crippen LogP contribution in [-0.2, 0) is 13.1 Å². The maximum atomic E-state index is 12.4. The van der Waals surface area contributed by atoms with Gasteiger partial charge in [0.05, 0.1) is 24.3 Å². The number of rotatable bonds is 3. The second-order valence-electron chi connectivity index (χ2n) is 6.11. The zero-order valence-corrected chi connectivity index (χ0v) is 12.5. The monoisotopic (exact) mass is 297 g/mol. The van der Waals surface area contributed by atoms with E-state index in [1.807, 2.05) is 18.5 Å². The molecule has 0 aromatic carbocycles. The number of carbonyl (C=O) groups excluding carboxylic acids is 1. The van der Waals surface area contributed by atoms with Crippen molar-refractivity contribution in [2.75, 3.05) is 0 Å². The van der Waals surface area contributed by atoms with Gasteiger partial charge in [-0.1, -0.05) is 19.3 Å². The summed E-state index contributed by atoms with van der Waals surface area (Å²) in [6.45, 7) is 1.07. The Labute approximate surface area is 129 Å². The van der Waals surface area contributed by atoms with Gasteiger partial charge in [-0.3, -0.25) is 9.78 Å². The maximum Gasteiger partial charge on any atom is 0.256 e. The lowest BCUT2D eigenvalue weighted by Gasteiger charge is -2.25. The van der Waals surface area contributed by atoms with Crippen LogP contribution in [0.3, 0.4) is 0 Å². The summed E-state index contributed by atoms with van der Waals surface area (Å²) < 4.78 is 2.17. The number of hydrogen-bond acceptors (Lipinski definition) is 4. The van der Waals surface area contributed by atoms with Crippen molar-refractivity contribution in [1.82, 2.24) is 24.6 Å². The minimum absolute atomic E-state index is 0.0429. The molecule has 2 aliphatic rings. The van der Waals surface area contributed by atoms with E-state index in [-0.39, 0.29) is 5.91 Å². The quantitative estimate of drug-likeness (QED) is 0.872. The predicted octanol–water partition coefficient (Wildman–Crippen LogP) is 2.33. The molecule has 2 aromatic heterocycles. The van der Waals surface area contributed by atoms with Crippen LogP contribution in [0.25, 0.3) is 0 Å². The van der Waals surface area contributed by atoms with Crippen molar-refractivity contribution in [1.29, 1.82) is 0 Å². The van der Waals surface area contributed by atoms with Gasteiger partial charge in [-0.2, -0.15) is 0 Å². The molecule has 1 aliphatic carbocycles. The van der Waals surface area contributed by atoms with Gasteiger partial charge in [-0.15, -0.1) is 10.2 Å². The van der Waals surface area contributed by atoms with Gasteiger partial charge >= 0.3 is 0 Å². The highest BCUT2D eigenvalue weighted by Gasteiger charge is 2.30. The van der Waals surface area contributed by atoms with Crippen LogP contribution in [0, 0.1) is 0 Å². The summed E-state index contributed by atoms with van der Waals surface area (Å²) >= 11 is 0. The molecule has 22 heavy (non-hydrogen) atoms. The summed E-state index contributed by atoms with van der Waals surface area (Å²) in [5.74, 6) is 0.925. The van der Waals surface area contributed by atoms with Gasteiger partial charge in [0.2, 0.25) is 0 Å². The molecule has 1 saturated carbocycles. The van der Waals surface area contributed by atoms with Gasteiger partial charge in [0.1, 0.15) is 6.33 Å². The Morgan fingerprint density at radius 1 is 1.23 bits per heavy atom. The number of amides is 1. The van der Waals surface area contributed by atoms with Crippen molar-refractivity contribution in [2.45, 2.75) is 51.2 Å². The molecular weight excluding hydrogens is 278 g/mol.